The lowest BCUT2D eigenvalue weighted by atomic mass is 9.82. The second kappa shape index (κ2) is 6.83. The maximum Gasteiger partial charge on any atom is 0.315 e. The molecule has 1 atom stereocenters. The number of nitrogens with one attached hydrogen (secondary N) is 1. The summed E-state index contributed by atoms with van der Waals surface area (Å²) in [6.45, 7) is 1.66. The van der Waals surface area contributed by atoms with Crippen molar-refractivity contribution in [2.24, 2.45) is 0 Å². The molecule has 1 saturated carbocycles. The number of carboxylic acids is 1. The minimum absolute atomic E-state index is 0.0298. The summed E-state index contributed by atoms with van der Waals surface area (Å²) < 4.78 is 5.40. The summed E-state index contributed by atoms with van der Waals surface area (Å²) in [4.78, 5) is 24.8. The third kappa shape index (κ3) is 3.05. The van der Waals surface area contributed by atoms with Gasteiger partial charge in [0.1, 0.15) is 11.2 Å². The lowest BCUT2D eigenvalue weighted by Crippen LogP contribution is -2.47. The first kappa shape index (κ1) is 18.0. The Balaban J connectivity index is 1.80. The molecule has 0 aliphatic heterocycles. The van der Waals surface area contributed by atoms with Gasteiger partial charge in [-0.25, -0.2) is 0 Å². The van der Waals surface area contributed by atoms with E-state index in [1.165, 1.54) is 0 Å². The Morgan fingerprint density at radius 2 is 1.73 bits per heavy atom. The van der Waals surface area contributed by atoms with Gasteiger partial charge in [0.2, 0.25) is 5.91 Å². The molecule has 0 spiro atoms. The zero-order chi connectivity index (χ0) is 18.8. The van der Waals surface area contributed by atoms with Gasteiger partial charge in [0, 0.05) is 12.1 Å². The number of ether oxygens (including phenoxy) is 1. The fourth-order valence-corrected chi connectivity index (χ4v) is 3.32. The lowest BCUT2D eigenvalue weighted by molar-refractivity contribution is -0.143. The number of hydrogen-bond donors (Lipinski definition) is 2. The maximum atomic E-state index is 12.9. The van der Waals surface area contributed by atoms with Crippen molar-refractivity contribution in [1.29, 1.82) is 0 Å². The molecule has 5 nitrogen and oxygen atoms in total. The molecule has 1 aliphatic rings. The number of para-hydroxylation sites is 1. The normalized spacial score (nSPS) is 17.0. The molecule has 0 saturated heterocycles. The maximum absolute atomic E-state index is 12.9. The molecule has 0 aromatic heterocycles. The van der Waals surface area contributed by atoms with Crippen LogP contribution in [0.25, 0.3) is 0 Å². The number of benzene rings is 2. The molecular formula is C21H23NO4. The molecule has 136 valence electrons. The van der Waals surface area contributed by atoms with E-state index in [2.05, 4.69) is 5.32 Å². The van der Waals surface area contributed by atoms with Crippen LogP contribution in [0.15, 0.2) is 54.6 Å². The van der Waals surface area contributed by atoms with Gasteiger partial charge in [-0.15, -0.1) is 0 Å². The highest BCUT2D eigenvalue weighted by atomic mass is 16.5. The van der Waals surface area contributed by atoms with E-state index in [1.54, 1.807) is 38.3 Å². The monoisotopic (exact) mass is 353 g/mol. The van der Waals surface area contributed by atoms with Crippen LogP contribution in [-0.2, 0) is 20.4 Å². The first-order valence-corrected chi connectivity index (χ1v) is 8.65. The van der Waals surface area contributed by atoms with Gasteiger partial charge in [-0.3, -0.25) is 9.59 Å². The van der Waals surface area contributed by atoms with Gasteiger partial charge in [0.25, 0.3) is 0 Å². The van der Waals surface area contributed by atoms with Gasteiger partial charge in [0.05, 0.1) is 12.5 Å². The molecule has 3 rings (SSSR count). The SMILES string of the molecule is COc1ccccc1C1(C(=O)NCC(C)(C(=O)O)c2ccccc2)CC1. The van der Waals surface area contributed by atoms with Crippen LogP contribution in [0.2, 0.25) is 0 Å². The molecule has 1 amide bonds. The van der Waals surface area contributed by atoms with Gasteiger partial charge in [-0.05, 0) is 31.4 Å². The molecule has 0 radical (unpaired) electrons. The van der Waals surface area contributed by atoms with Gasteiger partial charge < -0.3 is 15.2 Å². The third-order valence-electron chi connectivity index (χ3n) is 5.29. The van der Waals surface area contributed by atoms with Gasteiger partial charge in [-0.2, -0.15) is 0 Å². The third-order valence-corrected chi connectivity index (χ3v) is 5.29. The summed E-state index contributed by atoms with van der Waals surface area (Å²) in [5.74, 6) is -0.430. The summed E-state index contributed by atoms with van der Waals surface area (Å²) in [6, 6.07) is 16.5. The van der Waals surface area contributed by atoms with Crippen molar-refractivity contribution in [1.82, 2.24) is 5.32 Å². The fraction of sp³-hybridized carbons (Fsp3) is 0.333. The predicted molar refractivity (Wildman–Crippen MR) is 98.3 cm³/mol. The van der Waals surface area contributed by atoms with Crippen LogP contribution in [0.1, 0.15) is 30.9 Å². The van der Waals surface area contributed by atoms with E-state index in [-0.39, 0.29) is 12.5 Å². The smallest absolute Gasteiger partial charge is 0.315 e. The summed E-state index contributed by atoms with van der Waals surface area (Å²) in [5, 5.41) is 12.6. The van der Waals surface area contributed by atoms with Crippen LogP contribution in [0.3, 0.4) is 0 Å². The van der Waals surface area contributed by atoms with Crippen LogP contribution in [0.5, 0.6) is 5.75 Å². The summed E-state index contributed by atoms with van der Waals surface area (Å²) in [6.07, 6.45) is 1.46. The van der Waals surface area contributed by atoms with Crippen LogP contribution in [0.4, 0.5) is 0 Å². The highest BCUT2D eigenvalue weighted by Crippen LogP contribution is 2.51. The van der Waals surface area contributed by atoms with E-state index < -0.39 is 16.8 Å². The molecule has 26 heavy (non-hydrogen) atoms. The van der Waals surface area contributed by atoms with E-state index in [9.17, 15) is 14.7 Å². The first-order chi connectivity index (χ1) is 12.4. The minimum atomic E-state index is -1.19. The largest absolute Gasteiger partial charge is 0.496 e. The average Bonchev–Trinajstić information content (AvgIpc) is 3.48. The Labute approximate surface area is 153 Å². The standard InChI is InChI=1S/C21H23NO4/c1-20(19(24)25,15-8-4-3-5-9-15)14-22-18(23)21(12-13-21)16-10-6-7-11-17(16)26-2/h3-11H,12-14H2,1-2H3,(H,22,23)(H,24,25). The highest BCUT2D eigenvalue weighted by Gasteiger charge is 2.53. The van der Waals surface area contributed by atoms with Crippen molar-refractivity contribution in [3.8, 4) is 5.75 Å². The summed E-state index contributed by atoms with van der Waals surface area (Å²) in [5.41, 5.74) is -0.289. The molecule has 5 heteroatoms. The van der Waals surface area contributed by atoms with E-state index in [0.29, 0.717) is 11.3 Å². The average molecular weight is 353 g/mol. The molecule has 0 bridgehead atoms. The summed E-state index contributed by atoms with van der Waals surface area (Å²) in [7, 11) is 1.59. The highest BCUT2D eigenvalue weighted by molar-refractivity contribution is 5.93. The molecule has 2 aromatic rings. The van der Waals surface area contributed by atoms with Crippen molar-refractivity contribution in [3.05, 3.63) is 65.7 Å². The Hall–Kier alpha value is -2.82. The van der Waals surface area contributed by atoms with Crippen molar-refractivity contribution < 1.29 is 19.4 Å². The molecule has 1 unspecified atom stereocenters. The van der Waals surface area contributed by atoms with Gasteiger partial charge >= 0.3 is 5.97 Å². The molecule has 1 aliphatic carbocycles. The van der Waals surface area contributed by atoms with Crippen molar-refractivity contribution >= 4 is 11.9 Å². The molecule has 0 heterocycles. The molecular weight excluding hydrogens is 330 g/mol. The van der Waals surface area contributed by atoms with Crippen LogP contribution >= 0.6 is 0 Å². The molecule has 2 aromatic carbocycles. The van der Waals surface area contributed by atoms with Gasteiger partial charge in [0.15, 0.2) is 0 Å². The predicted octanol–water partition coefficient (Wildman–Crippen LogP) is 2.89. The van der Waals surface area contributed by atoms with E-state index >= 15 is 0 Å². The van der Waals surface area contributed by atoms with Crippen LogP contribution in [0, 0.1) is 0 Å². The number of hydrogen-bond acceptors (Lipinski definition) is 3. The van der Waals surface area contributed by atoms with E-state index in [1.807, 2.05) is 30.3 Å². The molecule has 1 fully saturated rings. The first-order valence-electron chi connectivity index (χ1n) is 8.65. The van der Waals surface area contributed by atoms with Crippen molar-refractivity contribution in [2.45, 2.75) is 30.6 Å². The summed E-state index contributed by atoms with van der Waals surface area (Å²) >= 11 is 0. The second-order valence-electron chi connectivity index (χ2n) is 6.97. The number of carboxylic acid groups (broad SMARTS) is 1. The fourth-order valence-electron chi connectivity index (χ4n) is 3.32. The van der Waals surface area contributed by atoms with Crippen molar-refractivity contribution in [2.75, 3.05) is 13.7 Å². The number of carbonyl (C=O) groups is 2. The topological polar surface area (TPSA) is 75.6 Å². The van der Waals surface area contributed by atoms with E-state index in [0.717, 1.165) is 18.4 Å². The second-order valence-corrected chi connectivity index (χ2v) is 6.97. The Bertz CT molecular complexity index is 814. The Morgan fingerprint density at radius 1 is 1.12 bits per heavy atom. The van der Waals surface area contributed by atoms with Crippen LogP contribution in [-0.4, -0.2) is 30.6 Å². The zero-order valence-corrected chi connectivity index (χ0v) is 15.0. The number of amides is 1. The quantitative estimate of drug-likeness (QED) is 0.802. The van der Waals surface area contributed by atoms with Gasteiger partial charge in [-0.1, -0.05) is 48.5 Å². The minimum Gasteiger partial charge on any atom is -0.496 e. The number of methoxy groups -OCH3 is 1. The van der Waals surface area contributed by atoms with Crippen LogP contribution < -0.4 is 10.1 Å². The van der Waals surface area contributed by atoms with Crippen molar-refractivity contribution in [3.63, 3.8) is 0 Å². The number of rotatable bonds is 7. The Kier molecular flexibility index (Phi) is 4.72. The van der Waals surface area contributed by atoms with E-state index in [4.69, 9.17) is 4.74 Å². The number of carbonyl (C=O) groups excluding carboxylic acids is 1. The number of aliphatic carboxylic acids is 1. The molecule has 2 N–H and O–H groups in total. The lowest BCUT2D eigenvalue weighted by Gasteiger charge is -2.27. The zero-order valence-electron chi connectivity index (χ0n) is 15.0. The Morgan fingerprint density at radius 3 is 2.31 bits per heavy atom.